The maximum absolute atomic E-state index is 13.5. The smallest absolute Gasteiger partial charge is 0.276 e. The Morgan fingerprint density at radius 3 is 2.40 bits per heavy atom. The molecule has 3 amide bonds. The molecular formula is C28H26ClFN6O5S2. The number of thioether (sulfide) groups is 2. The number of carbonyl (C=O) groups excluding carboxylic acids is 3. The Morgan fingerprint density at radius 2 is 1.74 bits per heavy atom. The summed E-state index contributed by atoms with van der Waals surface area (Å²) < 4.78 is 24.7. The lowest BCUT2D eigenvalue weighted by Crippen LogP contribution is -2.28. The van der Waals surface area contributed by atoms with E-state index in [1.54, 1.807) is 42.5 Å². The van der Waals surface area contributed by atoms with Gasteiger partial charge in [-0.05, 0) is 42.0 Å². The Hall–Kier alpha value is -4.27. The first-order chi connectivity index (χ1) is 20.6. The number of nitrogens with one attached hydrogen (secondary N) is 2. The van der Waals surface area contributed by atoms with Crippen molar-refractivity contribution in [1.29, 1.82) is 0 Å². The molecule has 0 aliphatic carbocycles. The van der Waals surface area contributed by atoms with Gasteiger partial charge in [0.05, 0.1) is 29.3 Å². The summed E-state index contributed by atoms with van der Waals surface area (Å²) in [6.07, 6.45) is 1.37. The molecule has 0 unspecified atom stereocenters. The second-order valence-electron chi connectivity index (χ2n) is 8.93. The molecule has 11 nitrogen and oxygen atoms in total. The van der Waals surface area contributed by atoms with Crippen LogP contribution in [0.1, 0.15) is 5.56 Å². The third-order valence-electron chi connectivity index (χ3n) is 5.92. The molecule has 0 aliphatic heterocycles. The van der Waals surface area contributed by atoms with E-state index in [4.69, 9.17) is 32.5 Å². The number of rotatable bonds is 12. The van der Waals surface area contributed by atoms with Gasteiger partial charge in [-0.25, -0.2) is 14.4 Å². The van der Waals surface area contributed by atoms with Crippen molar-refractivity contribution in [2.45, 2.75) is 6.61 Å². The maximum atomic E-state index is 13.5. The number of benzene rings is 3. The normalized spacial score (nSPS) is 10.9. The number of nitrogens with zero attached hydrogens (tertiary/aromatic N) is 2. The van der Waals surface area contributed by atoms with Crippen LogP contribution in [0.15, 0.2) is 60.9 Å². The number of primary amides is 2. The highest BCUT2D eigenvalue weighted by Crippen LogP contribution is 2.35. The number of carbonyl (C=O) groups is 3. The van der Waals surface area contributed by atoms with Crippen LogP contribution >= 0.6 is 35.1 Å². The molecule has 0 bridgehead atoms. The summed E-state index contributed by atoms with van der Waals surface area (Å²) in [5.41, 5.74) is 12.5. The first kappa shape index (κ1) is 31.7. The standard InChI is InChI=1S/C28H26ClFN6O5S2/c1-40-24-10-21-19(9-22(24)36-26(37)16(12-42-27(31)38)13-43-28(32)39)25(34-14-33-21)35-18-5-6-23(20(29)8-18)41-11-15-3-2-4-17(30)7-15/h2-10,14,16H,11-13H2,1H3,(H2,31,38)(H2,32,39)(H,36,37)(H,33,34,35). The van der Waals surface area contributed by atoms with Crippen LogP contribution in [-0.2, 0) is 11.4 Å². The zero-order valence-corrected chi connectivity index (χ0v) is 25.0. The number of methoxy groups -OCH3 is 1. The van der Waals surface area contributed by atoms with Gasteiger partial charge < -0.3 is 31.6 Å². The van der Waals surface area contributed by atoms with Crippen LogP contribution in [0, 0.1) is 11.7 Å². The number of halogens is 2. The van der Waals surface area contributed by atoms with Crippen LogP contribution in [0.2, 0.25) is 5.02 Å². The number of fused-ring (bicyclic) bond motifs is 1. The Morgan fingerprint density at radius 1 is 1.00 bits per heavy atom. The molecule has 4 aromatic rings. The van der Waals surface area contributed by atoms with Crippen LogP contribution in [0.3, 0.4) is 0 Å². The number of ether oxygens (including phenoxy) is 2. The monoisotopic (exact) mass is 644 g/mol. The lowest BCUT2D eigenvalue weighted by Gasteiger charge is -2.18. The fraction of sp³-hybridized carbons (Fsp3) is 0.179. The van der Waals surface area contributed by atoms with Gasteiger partial charge in [-0.3, -0.25) is 14.4 Å². The van der Waals surface area contributed by atoms with Crippen molar-refractivity contribution >= 4 is 79.6 Å². The second kappa shape index (κ2) is 14.8. The summed E-state index contributed by atoms with van der Waals surface area (Å²) in [6, 6.07) is 14.4. The fourth-order valence-electron chi connectivity index (χ4n) is 3.87. The first-order valence-corrected chi connectivity index (χ1v) is 14.9. The molecule has 15 heteroatoms. The minimum Gasteiger partial charge on any atom is -0.494 e. The molecular weight excluding hydrogens is 619 g/mol. The van der Waals surface area contributed by atoms with E-state index >= 15 is 0 Å². The molecule has 0 atom stereocenters. The van der Waals surface area contributed by atoms with E-state index in [-0.39, 0.29) is 23.9 Å². The SMILES string of the molecule is COc1cc2ncnc(Nc3ccc(OCc4cccc(F)c4)c(Cl)c3)c2cc1NC(=O)C(CSC(N)=O)CSC(N)=O. The molecule has 0 radical (unpaired) electrons. The van der Waals surface area contributed by atoms with E-state index in [1.165, 1.54) is 25.6 Å². The zero-order valence-electron chi connectivity index (χ0n) is 22.6. The molecule has 3 aromatic carbocycles. The van der Waals surface area contributed by atoms with Gasteiger partial charge in [0.1, 0.15) is 36.1 Å². The number of anilines is 3. The highest BCUT2D eigenvalue weighted by molar-refractivity contribution is 8.14. The maximum Gasteiger partial charge on any atom is 0.276 e. The quantitative estimate of drug-likeness (QED) is 0.145. The van der Waals surface area contributed by atoms with Crippen molar-refractivity contribution in [3.63, 3.8) is 0 Å². The highest BCUT2D eigenvalue weighted by atomic mass is 35.5. The lowest BCUT2D eigenvalue weighted by atomic mass is 10.1. The van der Waals surface area contributed by atoms with Crippen molar-refractivity contribution in [3.8, 4) is 11.5 Å². The van der Waals surface area contributed by atoms with Gasteiger partial charge in [0.15, 0.2) is 0 Å². The van der Waals surface area contributed by atoms with Crippen molar-refractivity contribution < 1.29 is 28.2 Å². The van der Waals surface area contributed by atoms with Crippen LogP contribution in [-0.4, -0.2) is 45.0 Å². The third kappa shape index (κ3) is 8.86. The van der Waals surface area contributed by atoms with E-state index in [1.807, 2.05) is 0 Å². The van der Waals surface area contributed by atoms with Crippen molar-refractivity contribution in [2.24, 2.45) is 17.4 Å². The molecule has 4 rings (SSSR count). The van der Waals surface area contributed by atoms with Gasteiger partial charge in [-0.15, -0.1) is 0 Å². The molecule has 0 aliphatic rings. The molecule has 1 heterocycles. The summed E-state index contributed by atoms with van der Waals surface area (Å²) in [4.78, 5) is 44.4. The summed E-state index contributed by atoms with van der Waals surface area (Å²) in [6.45, 7) is 0.139. The predicted octanol–water partition coefficient (Wildman–Crippen LogP) is 5.93. The fourth-order valence-corrected chi connectivity index (χ4v) is 5.52. The van der Waals surface area contributed by atoms with Crippen LogP contribution in [0.4, 0.5) is 31.2 Å². The molecule has 224 valence electrons. The van der Waals surface area contributed by atoms with Crippen molar-refractivity contribution in [1.82, 2.24) is 9.97 Å². The summed E-state index contributed by atoms with van der Waals surface area (Å²) >= 11 is 7.99. The summed E-state index contributed by atoms with van der Waals surface area (Å²) in [7, 11) is 1.44. The summed E-state index contributed by atoms with van der Waals surface area (Å²) in [5, 5.41) is 5.58. The molecule has 43 heavy (non-hydrogen) atoms. The predicted molar refractivity (Wildman–Crippen MR) is 168 cm³/mol. The van der Waals surface area contributed by atoms with E-state index in [0.717, 1.165) is 23.5 Å². The third-order valence-corrected chi connectivity index (χ3v) is 7.92. The average molecular weight is 645 g/mol. The van der Waals surface area contributed by atoms with Crippen molar-refractivity contribution in [2.75, 3.05) is 29.2 Å². The van der Waals surface area contributed by atoms with E-state index in [2.05, 4.69) is 20.6 Å². The first-order valence-electron chi connectivity index (χ1n) is 12.5. The second-order valence-corrected chi connectivity index (χ2v) is 11.4. The molecule has 0 fully saturated rings. The van der Waals surface area contributed by atoms with Crippen molar-refractivity contribution in [3.05, 3.63) is 77.3 Å². The molecule has 0 spiro atoms. The Balaban J connectivity index is 1.55. The molecule has 0 saturated carbocycles. The Kier molecular flexibility index (Phi) is 10.9. The molecule has 1 aromatic heterocycles. The Labute approximate surface area is 259 Å². The lowest BCUT2D eigenvalue weighted by molar-refractivity contribution is -0.118. The average Bonchev–Trinajstić information content (AvgIpc) is 2.96. The van der Waals surface area contributed by atoms with E-state index in [0.29, 0.717) is 50.2 Å². The number of aromatic nitrogens is 2. The molecule has 0 saturated heterocycles. The van der Waals surface area contributed by atoms with Gasteiger partial charge in [0.2, 0.25) is 5.91 Å². The summed E-state index contributed by atoms with van der Waals surface area (Å²) in [5.74, 6) is -0.317. The topological polar surface area (TPSA) is 172 Å². The van der Waals surface area contributed by atoms with Crippen LogP contribution in [0.25, 0.3) is 10.9 Å². The van der Waals surface area contributed by atoms with Gasteiger partial charge >= 0.3 is 0 Å². The van der Waals surface area contributed by atoms with E-state index < -0.39 is 22.3 Å². The Bertz CT molecular complexity index is 1650. The highest BCUT2D eigenvalue weighted by Gasteiger charge is 2.23. The largest absolute Gasteiger partial charge is 0.494 e. The number of nitrogens with two attached hydrogens (primary N) is 2. The van der Waals surface area contributed by atoms with Gasteiger partial charge in [0, 0.05) is 28.6 Å². The number of amides is 3. The van der Waals surface area contributed by atoms with E-state index in [9.17, 15) is 18.8 Å². The van der Waals surface area contributed by atoms with Gasteiger partial charge in [0.25, 0.3) is 10.5 Å². The van der Waals surface area contributed by atoms with Gasteiger partial charge in [-0.2, -0.15) is 0 Å². The van der Waals surface area contributed by atoms with Crippen LogP contribution in [0.5, 0.6) is 11.5 Å². The number of hydrogen-bond donors (Lipinski definition) is 4. The van der Waals surface area contributed by atoms with Gasteiger partial charge in [-0.1, -0.05) is 47.3 Å². The molecule has 6 N–H and O–H groups in total. The van der Waals surface area contributed by atoms with Crippen LogP contribution < -0.4 is 31.6 Å². The zero-order chi connectivity index (χ0) is 30.9. The minimum absolute atomic E-state index is 0.0516. The number of hydrogen-bond acceptors (Lipinski definition) is 10. The minimum atomic E-state index is -0.760.